The predicted octanol–water partition coefficient (Wildman–Crippen LogP) is -3.35. The van der Waals surface area contributed by atoms with Gasteiger partial charge in [0.15, 0.2) is 0 Å². The monoisotopic (exact) mass is 313 g/mol. The van der Waals surface area contributed by atoms with Crippen LogP contribution in [-0.4, -0.2) is 64.4 Å². The minimum absolute atomic E-state index is 0.182. The molecule has 2 aromatic rings. The molecule has 3 rings (SSSR count). The number of rotatable bonds is 2. The van der Waals surface area contributed by atoms with Crippen LogP contribution in [0.15, 0.2) is 11.0 Å². The molecule has 0 aromatic carbocycles. The van der Waals surface area contributed by atoms with Gasteiger partial charge in [0.05, 0.1) is 12.8 Å². The molecule has 0 saturated carbocycles. The van der Waals surface area contributed by atoms with Crippen LogP contribution in [0.3, 0.4) is 0 Å². The van der Waals surface area contributed by atoms with Gasteiger partial charge in [-0.05, 0) is 6.92 Å². The van der Waals surface area contributed by atoms with E-state index in [1.807, 2.05) is 0 Å². The maximum absolute atomic E-state index is 11.7. The van der Waals surface area contributed by atoms with E-state index in [1.165, 1.54) is 0 Å². The van der Waals surface area contributed by atoms with Crippen LogP contribution in [0.1, 0.15) is 12.6 Å². The fraction of sp³-hybridized carbons (Fsp3) is 0.545. The number of imidazole rings is 1. The topological polar surface area (TPSA) is 179 Å². The molecule has 1 fully saturated rings. The van der Waals surface area contributed by atoms with Gasteiger partial charge >= 0.3 is 0 Å². The molecule has 0 amide bonds. The number of aliphatic hydroxyl groups excluding tert-OH is 2. The van der Waals surface area contributed by atoms with Crippen molar-refractivity contribution in [3.05, 3.63) is 22.2 Å². The number of nitrogens with zero attached hydrogens (tertiary/aromatic N) is 3. The smallest absolute Gasteiger partial charge is 0.295 e. The summed E-state index contributed by atoms with van der Waals surface area (Å²) in [5.74, 6) is -2.69. The highest BCUT2D eigenvalue weighted by atomic mass is 16.7. The molecule has 11 heteroatoms. The van der Waals surface area contributed by atoms with Gasteiger partial charge in [-0.2, -0.15) is 0 Å². The van der Waals surface area contributed by atoms with E-state index in [-0.39, 0.29) is 17.3 Å². The van der Waals surface area contributed by atoms with Crippen LogP contribution >= 0.6 is 0 Å². The number of nitrogen functional groups attached to an aromatic ring is 1. The number of anilines is 1. The molecule has 3 heterocycles. The normalized spacial score (nSPS) is 35.3. The molecule has 7 N–H and O–H groups in total. The quantitative estimate of drug-likeness (QED) is 0.330. The second-order valence-corrected chi connectivity index (χ2v) is 5.29. The lowest BCUT2D eigenvalue weighted by molar-refractivity contribution is -0.276. The van der Waals surface area contributed by atoms with Crippen molar-refractivity contribution in [2.45, 2.75) is 30.5 Å². The Morgan fingerprint density at radius 1 is 1.55 bits per heavy atom. The van der Waals surface area contributed by atoms with E-state index in [9.17, 15) is 25.2 Å². The van der Waals surface area contributed by atoms with Gasteiger partial charge in [-0.15, -0.1) is 5.10 Å². The first kappa shape index (κ1) is 14.9. The third kappa shape index (κ3) is 1.71. The average molecular weight is 313 g/mol. The summed E-state index contributed by atoms with van der Waals surface area (Å²) < 4.78 is 6.12. The van der Waals surface area contributed by atoms with Gasteiger partial charge in [-0.1, -0.05) is 0 Å². The Balaban J connectivity index is 2.24. The second-order valence-electron chi connectivity index (χ2n) is 5.29. The molecule has 1 unspecified atom stereocenters. The summed E-state index contributed by atoms with van der Waals surface area (Å²) in [7, 11) is 0. The second kappa shape index (κ2) is 4.47. The van der Waals surface area contributed by atoms with Crippen molar-refractivity contribution >= 4 is 11.6 Å². The summed E-state index contributed by atoms with van der Waals surface area (Å²) in [4.78, 5) is 17.8. The number of nitrogens with two attached hydrogens (primary N) is 1. The van der Waals surface area contributed by atoms with Crippen molar-refractivity contribution < 1.29 is 25.2 Å². The summed E-state index contributed by atoms with van der Waals surface area (Å²) in [6.07, 6.45) is -1.74. The van der Waals surface area contributed by atoms with Crippen molar-refractivity contribution in [3.8, 4) is 0 Å². The molecule has 0 spiro atoms. The van der Waals surface area contributed by atoms with Gasteiger partial charge in [0.25, 0.3) is 5.56 Å². The Kier molecular flexibility index (Phi) is 3.02. The number of hydrogen-bond acceptors (Lipinski definition) is 9. The Hall–Kier alpha value is -2.05. The van der Waals surface area contributed by atoms with Crippen LogP contribution in [-0.2, 0) is 10.5 Å². The van der Waals surface area contributed by atoms with Crippen LogP contribution in [0.4, 0.5) is 5.95 Å². The maximum Gasteiger partial charge on any atom is 0.295 e. The first-order valence-electron chi connectivity index (χ1n) is 6.38. The number of H-pyrrole nitrogens is 1. The Labute approximate surface area is 122 Å². The van der Waals surface area contributed by atoms with Gasteiger partial charge in [0.2, 0.25) is 17.4 Å². The van der Waals surface area contributed by atoms with Gasteiger partial charge in [0, 0.05) is 0 Å². The van der Waals surface area contributed by atoms with Gasteiger partial charge in [-0.3, -0.25) is 9.78 Å². The number of hydrogen-bond donors (Lipinski definition) is 6. The van der Waals surface area contributed by atoms with Crippen LogP contribution in [0.2, 0.25) is 0 Å². The average Bonchev–Trinajstić information content (AvgIpc) is 2.93. The molecular formula is C11H15N5O6. The third-order valence-electron chi connectivity index (χ3n) is 3.85. The molecule has 11 nitrogen and oxygen atoms in total. The zero-order chi connectivity index (χ0) is 16.3. The summed E-state index contributed by atoms with van der Waals surface area (Å²) in [5, 5.41) is 44.1. The first-order valence-corrected chi connectivity index (χ1v) is 6.38. The Bertz CT molecular complexity index is 785. The van der Waals surface area contributed by atoms with Crippen molar-refractivity contribution in [3.63, 3.8) is 0 Å². The number of nitrogens with one attached hydrogen (secondary N) is 1. The first-order chi connectivity index (χ1) is 10.2. The maximum atomic E-state index is 11.7. The van der Waals surface area contributed by atoms with Crippen molar-refractivity contribution in [2.24, 2.45) is 0 Å². The van der Waals surface area contributed by atoms with E-state index in [4.69, 9.17) is 10.5 Å². The molecular weight excluding hydrogens is 298 g/mol. The number of ether oxygens (including phenoxy) is 1. The molecule has 0 radical (unpaired) electrons. The minimum atomic E-state index is -2.45. The Morgan fingerprint density at radius 3 is 2.82 bits per heavy atom. The molecule has 4 atom stereocenters. The molecule has 0 bridgehead atoms. The van der Waals surface area contributed by atoms with Crippen LogP contribution < -0.4 is 11.3 Å². The fourth-order valence-electron chi connectivity index (χ4n) is 2.56. The number of aromatic nitrogens is 4. The molecule has 2 aromatic heterocycles. The van der Waals surface area contributed by atoms with Crippen LogP contribution in [0.25, 0.3) is 5.65 Å². The molecule has 120 valence electrons. The summed E-state index contributed by atoms with van der Waals surface area (Å²) in [6.45, 7) is 0.496. The number of aromatic amines is 1. The highest BCUT2D eigenvalue weighted by Crippen LogP contribution is 2.44. The molecule has 1 aliphatic rings. The third-order valence-corrected chi connectivity index (χ3v) is 3.85. The van der Waals surface area contributed by atoms with Crippen LogP contribution in [0, 0.1) is 0 Å². The van der Waals surface area contributed by atoms with E-state index >= 15 is 0 Å². The van der Waals surface area contributed by atoms with E-state index in [0.29, 0.717) is 0 Å². The van der Waals surface area contributed by atoms with Crippen molar-refractivity contribution in [1.82, 2.24) is 19.6 Å². The molecule has 1 saturated heterocycles. The van der Waals surface area contributed by atoms with E-state index in [2.05, 4.69) is 15.1 Å². The molecule has 1 aliphatic heterocycles. The lowest BCUT2D eigenvalue weighted by Crippen LogP contribution is -2.53. The van der Waals surface area contributed by atoms with Gasteiger partial charge < -0.3 is 30.9 Å². The van der Waals surface area contributed by atoms with E-state index in [1.54, 1.807) is 0 Å². The zero-order valence-corrected chi connectivity index (χ0v) is 11.5. The molecule has 0 aliphatic carbocycles. The van der Waals surface area contributed by atoms with Crippen molar-refractivity contribution in [1.29, 1.82) is 0 Å². The van der Waals surface area contributed by atoms with E-state index in [0.717, 1.165) is 17.6 Å². The van der Waals surface area contributed by atoms with Gasteiger partial charge in [0.1, 0.15) is 23.5 Å². The zero-order valence-electron chi connectivity index (χ0n) is 11.5. The van der Waals surface area contributed by atoms with Crippen molar-refractivity contribution in [2.75, 3.05) is 12.3 Å². The largest absolute Gasteiger partial charge is 0.394 e. The highest BCUT2D eigenvalue weighted by Gasteiger charge is 2.64. The standard InChI is InChI=1S/C11H15N5O6/c1-10(20)6(18)4(3-17)22-11(10,21)5-2-13-7-8(19)14-9(12)15-16(5)7/h2,4,6,17-18,20-21H,3H2,1H3,(H3,12,14,15,19)/t4-,6?,10-,11+/m1/s1. The number of fused-ring (bicyclic) bond motifs is 1. The highest BCUT2D eigenvalue weighted by molar-refractivity contribution is 5.40. The van der Waals surface area contributed by atoms with Crippen LogP contribution in [0.5, 0.6) is 0 Å². The lowest BCUT2D eigenvalue weighted by Gasteiger charge is -2.33. The summed E-state index contributed by atoms with van der Waals surface area (Å²) in [5.41, 5.74) is 2.23. The molecule has 22 heavy (non-hydrogen) atoms. The summed E-state index contributed by atoms with van der Waals surface area (Å²) in [6, 6.07) is 0. The lowest BCUT2D eigenvalue weighted by atomic mass is 9.88. The minimum Gasteiger partial charge on any atom is -0.394 e. The SMILES string of the molecule is C[C@@]1(O)C(O)[C@@H](CO)O[C@@]1(O)c1cnc2c(=O)[nH]c(N)nn12. The van der Waals surface area contributed by atoms with E-state index < -0.39 is 35.8 Å². The Morgan fingerprint density at radius 2 is 2.23 bits per heavy atom. The van der Waals surface area contributed by atoms with Gasteiger partial charge in [-0.25, -0.2) is 9.50 Å². The summed E-state index contributed by atoms with van der Waals surface area (Å²) >= 11 is 0. The fourth-order valence-corrected chi connectivity index (χ4v) is 2.56. The predicted molar refractivity (Wildman–Crippen MR) is 70.5 cm³/mol. The number of aliphatic hydroxyl groups is 4.